The molecule has 0 fully saturated rings. The first-order valence-corrected chi connectivity index (χ1v) is 8.07. The number of hydrogen-bond donors (Lipinski definition) is 1. The van der Waals surface area contributed by atoms with E-state index in [2.05, 4.69) is 5.32 Å². The molecule has 0 aliphatic carbocycles. The maximum atomic E-state index is 12.3. The number of non-ortho nitro benzene ring substituents is 1. The van der Waals surface area contributed by atoms with E-state index in [-0.39, 0.29) is 16.8 Å². The van der Waals surface area contributed by atoms with Crippen molar-refractivity contribution in [3.63, 3.8) is 0 Å². The second-order valence-electron chi connectivity index (χ2n) is 7.05. The number of ether oxygens (including phenoxy) is 1. The van der Waals surface area contributed by atoms with Gasteiger partial charge in [-0.25, -0.2) is 0 Å². The lowest BCUT2D eigenvalue weighted by Gasteiger charge is -2.23. The van der Waals surface area contributed by atoms with Crippen molar-refractivity contribution in [3.8, 4) is 0 Å². The molecule has 10 heteroatoms. The van der Waals surface area contributed by atoms with Gasteiger partial charge in [0.2, 0.25) is 0 Å². The van der Waals surface area contributed by atoms with Gasteiger partial charge in [-0.2, -0.15) is 0 Å². The topological polar surface area (TPSA) is 136 Å². The summed E-state index contributed by atoms with van der Waals surface area (Å²) < 4.78 is 4.97. The lowest BCUT2D eigenvalue weighted by molar-refractivity contribution is -0.384. The van der Waals surface area contributed by atoms with Gasteiger partial charge in [-0.3, -0.25) is 34.2 Å². The van der Waals surface area contributed by atoms with E-state index in [1.807, 2.05) is 0 Å². The zero-order valence-electron chi connectivity index (χ0n) is 15.3. The van der Waals surface area contributed by atoms with Gasteiger partial charge in [0, 0.05) is 17.7 Å². The van der Waals surface area contributed by atoms with Crippen LogP contribution in [0.3, 0.4) is 0 Å². The standard InChI is InChI=1S/C17H19N3O7/c1-9(14(22)18-17(2,3)4)27-13(21)8-19-15(23)11-6-5-10(20(25)26)7-12(11)16(19)24/h5-7,9H,8H2,1-4H3,(H,18,22)/t9-/m0/s1. The monoisotopic (exact) mass is 377 g/mol. The number of carbonyl (C=O) groups is 4. The summed E-state index contributed by atoms with van der Waals surface area (Å²) in [5.74, 6) is -3.06. The first-order chi connectivity index (χ1) is 12.4. The van der Waals surface area contributed by atoms with Crippen LogP contribution in [0.2, 0.25) is 0 Å². The lowest BCUT2D eigenvalue weighted by atomic mass is 10.1. The van der Waals surface area contributed by atoms with Crippen LogP contribution in [-0.4, -0.2) is 51.7 Å². The summed E-state index contributed by atoms with van der Waals surface area (Å²) in [6, 6.07) is 3.25. The van der Waals surface area contributed by atoms with E-state index in [0.29, 0.717) is 4.90 Å². The van der Waals surface area contributed by atoms with Crippen LogP contribution in [0.5, 0.6) is 0 Å². The number of imide groups is 1. The minimum absolute atomic E-state index is 0.0306. The van der Waals surface area contributed by atoms with Crippen LogP contribution in [0.25, 0.3) is 0 Å². The molecule has 10 nitrogen and oxygen atoms in total. The first-order valence-electron chi connectivity index (χ1n) is 8.07. The molecule has 1 aromatic rings. The molecule has 3 amide bonds. The van der Waals surface area contributed by atoms with Crippen molar-refractivity contribution < 1.29 is 28.8 Å². The zero-order chi connectivity index (χ0) is 20.5. The van der Waals surface area contributed by atoms with Crippen LogP contribution in [-0.2, 0) is 14.3 Å². The summed E-state index contributed by atoms with van der Waals surface area (Å²) in [6.45, 7) is 5.95. The molecule has 1 aromatic carbocycles. The minimum atomic E-state index is -1.12. The first kappa shape index (κ1) is 20.0. The SMILES string of the molecule is C[C@H](OC(=O)CN1C(=O)c2ccc([N+](=O)[O-])cc2C1=O)C(=O)NC(C)(C)C. The second kappa shape index (κ2) is 7.14. The number of carbonyl (C=O) groups excluding carboxylic acids is 4. The molecule has 2 rings (SSSR count). The van der Waals surface area contributed by atoms with Gasteiger partial charge in [-0.1, -0.05) is 0 Å². The molecule has 1 aliphatic rings. The number of benzene rings is 1. The highest BCUT2D eigenvalue weighted by atomic mass is 16.6. The molecule has 0 saturated carbocycles. The largest absolute Gasteiger partial charge is 0.451 e. The van der Waals surface area contributed by atoms with E-state index < -0.39 is 46.8 Å². The number of nitrogens with zero attached hydrogens (tertiary/aromatic N) is 2. The Bertz CT molecular complexity index is 841. The van der Waals surface area contributed by atoms with Gasteiger partial charge in [-0.15, -0.1) is 0 Å². The predicted molar refractivity (Wildman–Crippen MR) is 91.9 cm³/mol. The highest BCUT2D eigenvalue weighted by Gasteiger charge is 2.38. The Kier molecular flexibility index (Phi) is 5.29. The van der Waals surface area contributed by atoms with Crippen LogP contribution < -0.4 is 5.32 Å². The molecule has 0 radical (unpaired) electrons. The van der Waals surface area contributed by atoms with Crippen molar-refractivity contribution in [1.29, 1.82) is 0 Å². The third kappa shape index (κ3) is 4.46. The Balaban J connectivity index is 2.06. The van der Waals surface area contributed by atoms with E-state index in [1.165, 1.54) is 13.0 Å². The molecule has 1 aliphatic heterocycles. The summed E-state index contributed by atoms with van der Waals surface area (Å²) in [5.41, 5.74) is -1.04. The van der Waals surface area contributed by atoms with Crippen LogP contribution >= 0.6 is 0 Å². The van der Waals surface area contributed by atoms with Crippen molar-refractivity contribution in [2.45, 2.75) is 39.3 Å². The number of nitro benzene ring substituents is 1. The third-order valence-corrected chi connectivity index (χ3v) is 3.63. The van der Waals surface area contributed by atoms with Gasteiger partial charge in [0.15, 0.2) is 6.10 Å². The number of rotatable bonds is 5. The van der Waals surface area contributed by atoms with E-state index in [1.54, 1.807) is 20.8 Å². The van der Waals surface area contributed by atoms with E-state index >= 15 is 0 Å². The summed E-state index contributed by atoms with van der Waals surface area (Å²) >= 11 is 0. The molecule has 0 unspecified atom stereocenters. The van der Waals surface area contributed by atoms with E-state index in [9.17, 15) is 29.3 Å². The third-order valence-electron chi connectivity index (χ3n) is 3.63. The Morgan fingerprint density at radius 2 is 1.81 bits per heavy atom. The molecule has 0 aromatic heterocycles. The fraction of sp³-hybridized carbons (Fsp3) is 0.412. The molecular weight excluding hydrogens is 358 g/mol. The minimum Gasteiger partial charge on any atom is -0.451 e. The molecule has 1 N–H and O–H groups in total. The highest BCUT2D eigenvalue weighted by molar-refractivity contribution is 6.22. The number of nitrogens with one attached hydrogen (secondary N) is 1. The van der Waals surface area contributed by atoms with Gasteiger partial charge in [0.25, 0.3) is 23.4 Å². The Morgan fingerprint density at radius 3 is 2.37 bits per heavy atom. The van der Waals surface area contributed by atoms with Gasteiger partial charge in [0.05, 0.1) is 16.1 Å². The van der Waals surface area contributed by atoms with E-state index in [0.717, 1.165) is 12.1 Å². The Morgan fingerprint density at radius 1 is 1.22 bits per heavy atom. The summed E-state index contributed by atoms with van der Waals surface area (Å²) in [6.07, 6.45) is -1.12. The summed E-state index contributed by atoms with van der Waals surface area (Å²) in [4.78, 5) is 59.3. The molecule has 144 valence electrons. The molecule has 0 bridgehead atoms. The Labute approximate surface area is 154 Å². The number of hydrogen-bond acceptors (Lipinski definition) is 7. The van der Waals surface area contributed by atoms with Crippen molar-refractivity contribution in [1.82, 2.24) is 10.2 Å². The van der Waals surface area contributed by atoms with Crippen molar-refractivity contribution in [2.75, 3.05) is 6.54 Å². The van der Waals surface area contributed by atoms with Crippen LogP contribution in [0.1, 0.15) is 48.4 Å². The van der Waals surface area contributed by atoms with Crippen molar-refractivity contribution >= 4 is 29.4 Å². The van der Waals surface area contributed by atoms with Crippen LogP contribution in [0, 0.1) is 10.1 Å². The fourth-order valence-electron chi connectivity index (χ4n) is 2.42. The van der Waals surface area contributed by atoms with Crippen LogP contribution in [0.4, 0.5) is 5.69 Å². The number of nitro groups is 1. The summed E-state index contributed by atoms with van der Waals surface area (Å²) in [5, 5.41) is 13.5. The van der Waals surface area contributed by atoms with Crippen molar-refractivity contribution in [3.05, 3.63) is 39.4 Å². The number of esters is 1. The molecule has 27 heavy (non-hydrogen) atoms. The predicted octanol–water partition coefficient (Wildman–Crippen LogP) is 1.04. The van der Waals surface area contributed by atoms with Gasteiger partial charge >= 0.3 is 5.97 Å². The second-order valence-corrected chi connectivity index (χ2v) is 7.05. The molecule has 0 spiro atoms. The maximum absolute atomic E-state index is 12.3. The number of fused-ring (bicyclic) bond motifs is 1. The Hall–Kier alpha value is -3.30. The normalized spacial score (nSPS) is 14.6. The average molecular weight is 377 g/mol. The quantitative estimate of drug-likeness (QED) is 0.350. The number of amides is 3. The van der Waals surface area contributed by atoms with Gasteiger partial charge < -0.3 is 10.1 Å². The lowest BCUT2D eigenvalue weighted by Crippen LogP contribution is -2.47. The maximum Gasteiger partial charge on any atom is 0.326 e. The smallest absolute Gasteiger partial charge is 0.326 e. The fourth-order valence-corrected chi connectivity index (χ4v) is 2.42. The average Bonchev–Trinajstić information content (AvgIpc) is 2.77. The molecule has 1 atom stereocenters. The van der Waals surface area contributed by atoms with Crippen LogP contribution in [0.15, 0.2) is 18.2 Å². The highest BCUT2D eigenvalue weighted by Crippen LogP contribution is 2.26. The molecule has 1 heterocycles. The van der Waals surface area contributed by atoms with E-state index in [4.69, 9.17) is 4.74 Å². The van der Waals surface area contributed by atoms with Crippen molar-refractivity contribution in [2.24, 2.45) is 0 Å². The summed E-state index contributed by atoms with van der Waals surface area (Å²) in [7, 11) is 0. The van der Waals surface area contributed by atoms with Gasteiger partial charge in [0.1, 0.15) is 6.54 Å². The molecular formula is C17H19N3O7. The zero-order valence-corrected chi connectivity index (χ0v) is 15.3. The molecule has 0 saturated heterocycles. The van der Waals surface area contributed by atoms with Gasteiger partial charge in [-0.05, 0) is 33.8 Å².